The molecular formula is C12H25N. The molecule has 0 spiro atoms. The third-order valence-electron chi connectivity index (χ3n) is 3.19. The van der Waals surface area contributed by atoms with Gasteiger partial charge in [-0.15, -0.1) is 0 Å². The minimum absolute atomic E-state index is 0.510. The molecule has 0 aliphatic carbocycles. The lowest BCUT2D eigenvalue weighted by Crippen LogP contribution is -2.53. The van der Waals surface area contributed by atoms with Crippen LogP contribution in [0.3, 0.4) is 0 Å². The number of hydrogen-bond donors (Lipinski definition) is 1. The number of rotatable bonds is 4. The van der Waals surface area contributed by atoms with Crippen molar-refractivity contribution in [1.29, 1.82) is 0 Å². The predicted molar refractivity (Wildman–Crippen MR) is 58.9 cm³/mol. The van der Waals surface area contributed by atoms with Crippen LogP contribution >= 0.6 is 0 Å². The molecule has 0 atom stereocenters. The molecule has 1 nitrogen and oxygen atoms in total. The summed E-state index contributed by atoms with van der Waals surface area (Å²) in [6.45, 7) is 11.9. The van der Waals surface area contributed by atoms with Gasteiger partial charge in [0.1, 0.15) is 0 Å². The lowest BCUT2D eigenvalue weighted by molar-refractivity contribution is 0.115. The van der Waals surface area contributed by atoms with Gasteiger partial charge in [-0.25, -0.2) is 0 Å². The second kappa shape index (κ2) is 4.00. The zero-order valence-electron chi connectivity index (χ0n) is 9.74. The van der Waals surface area contributed by atoms with Gasteiger partial charge in [-0.2, -0.15) is 0 Å². The van der Waals surface area contributed by atoms with Gasteiger partial charge < -0.3 is 5.32 Å². The first-order valence-electron chi connectivity index (χ1n) is 5.68. The fraction of sp³-hybridized carbons (Fsp3) is 1.00. The van der Waals surface area contributed by atoms with Gasteiger partial charge in [0.05, 0.1) is 0 Å². The van der Waals surface area contributed by atoms with Crippen molar-refractivity contribution in [3.8, 4) is 0 Å². The van der Waals surface area contributed by atoms with Crippen molar-refractivity contribution >= 4 is 0 Å². The van der Waals surface area contributed by atoms with Gasteiger partial charge in [0.15, 0.2) is 0 Å². The standard InChI is InChI=1S/C12H25N/c1-5-6-12(9-13-10-12)8-7-11(2,3)4/h13H,5-10H2,1-4H3. The molecule has 13 heavy (non-hydrogen) atoms. The first kappa shape index (κ1) is 11.0. The average Bonchev–Trinajstić information content (AvgIpc) is 1.92. The van der Waals surface area contributed by atoms with Crippen LogP contribution in [-0.4, -0.2) is 13.1 Å². The van der Waals surface area contributed by atoms with Crippen LogP contribution in [0.2, 0.25) is 0 Å². The highest BCUT2D eigenvalue weighted by Gasteiger charge is 2.36. The van der Waals surface area contributed by atoms with Crippen LogP contribution in [-0.2, 0) is 0 Å². The van der Waals surface area contributed by atoms with Crippen LogP contribution < -0.4 is 5.32 Å². The predicted octanol–water partition coefficient (Wildman–Crippen LogP) is 3.20. The Bertz CT molecular complexity index is 151. The first-order chi connectivity index (χ1) is 5.97. The summed E-state index contributed by atoms with van der Waals surface area (Å²) in [4.78, 5) is 0. The van der Waals surface area contributed by atoms with E-state index in [4.69, 9.17) is 0 Å². The highest BCUT2D eigenvalue weighted by molar-refractivity contribution is 4.92. The van der Waals surface area contributed by atoms with E-state index < -0.39 is 0 Å². The Labute approximate surface area is 83.3 Å². The Kier molecular flexibility index (Phi) is 3.39. The molecule has 1 heterocycles. The molecule has 0 aromatic rings. The maximum atomic E-state index is 3.42. The van der Waals surface area contributed by atoms with Crippen molar-refractivity contribution in [2.24, 2.45) is 10.8 Å². The molecule has 1 rings (SSSR count). The molecular weight excluding hydrogens is 158 g/mol. The molecule has 1 heteroatoms. The van der Waals surface area contributed by atoms with Crippen LogP contribution in [0.1, 0.15) is 53.4 Å². The number of nitrogens with one attached hydrogen (secondary N) is 1. The molecule has 78 valence electrons. The zero-order valence-corrected chi connectivity index (χ0v) is 9.74. The van der Waals surface area contributed by atoms with Crippen molar-refractivity contribution in [2.75, 3.05) is 13.1 Å². The van der Waals surface area contributed by atoms with E-state index in [1.54, 1.807) is 0 Å². The Morgan fingerprint density at radius 1 is 1.15 bits per heavy atom. The zero-order chi connectivity index (χ0) is 9.95. The normalized spacial score (nSPS) is 21.2. The monoisotopic (exact) mass is 183 g/mol. The molecule has 1 fully saturated rings. The van der Waals surface area contributed by atoms with E-state index in [-0.39, 0.29) is 0 Å². The Morgan fingerprint density at radius 3 is 2.08 bits per heavy atom. The molecule has 0 aromatic heterocycles. The Balaban J connectivity index is 2.32. The summed E-state index contributed by atoms with van der Waals surface area (Å²) in [5.74, 6) is 0. The van der Waals surface area contributed by atoms with E-state index in [0.717, 1.165) is 0 Å². The van der Waals surface area contributed by atoms with E-state index in [1.165, 1.54) is 38.8 Å². The lowest BCUT2D eigenvalue weighted by Gasteiger charge is -2.44. The molecule has 0 bridgehead atoms. The minimum Gasteiger partial charge on any atom is -0.316 e. The summed E-state index contributed by atoms with van der Waals surface area (Å²) in [5, 5.41) is 3.42. The fourth-order valence-corrected chi connectivity index (χ4v) is 2.13. The summed E-state index contributed by atoms with van der Waals surface area (Å²) in [6.07, 6.45) is 5.54. The van der Waals surface area contributed by atoms with Gasteiger partial charge in [0.2, 0.25) is 0 Å². The lowest BCUT2D eigenvalue weighted by atomic mass is 9.71. The van der Waals surface area contributed by atoms with Crippen molar-refractivity contribution in [3.05, 3.63) is 0 Å². The van der Waals surface area contributed by atoms with Crippen molar-refractivity contribution < 1.29 is 0 Å². The second-order valence-corrected chi connectivity index (χ2v) is 5.91. The van der Waals surface area contributed by atoms with E-state index in [2.05, 4.69) is 33.0 Å². The number of hydrogen-bond acceptors (Lipinski definition) is 1. The van der Waals surface area contributed by atoms with Crippen LogP contribution in [0.5, 0.6) is 0 Å². The van der Waals surface area contributed by atoms with Crippen LogP contribution in [0, 0.1) is 10.8 Å². The quantitative estimate of drug-likeness (QED) is 0.705. The topological polar surface area (TPSA) is 12.0 Å². The maximum Gasteiger partial charge on any atom is 0.00202 e. The highest BCUT2D eigenvalue weighted by atomic mass is 15.0. The summed E-state index contributed by atoms with van der Waals surface area (Å²) in [5.41, 5.74) is 1.18. The van der Waals surface area contributed by atoms with Crippen molar-refractivity contribution in [2.45, 2.75) is 53.4 Å². The molecule has 1 saturated heterocycles. The summed E-state index contributed by atoms with van der Waals surface area (Å²) >= 11 is 0. The summed E-state index contributed by atoms with van der Waals surface area (Å²) < 4.78 is 0. The molecule has 1 aliphatic rings. The molecule has 0 aromatic carbocycles. The van der Waals surface area contributed by atoms with Gasteiger partial charge in [-0.3, -0.25) is 0 Å². The van der Waals surface area contributed by atoms with Crippen LogP contribution in [0.15, 0.2) is 0 Å². The Morgan fingerprint density at radius 2 is 1.77 bits per heavy atom. The first-order valence-corrected chi connectivity index (χ1v) is 5.68. The van der Waals surface area contributed by atoms with E-state index in [9.17, 15) is 0 Å². The molecule has 0 saturated carbocycles. The molecule has 1 aliphatic heterocycles. The van der Waals surface area contributed by atoms with Crippen LogP contribution in [0.4, 0.5) is 0 Å². The Hall–Kier alpha value is -0.0400. The molecule has 1 N–H and O–H groups in total. The maximum absolute atomic E-state index is 3.42. The highest BCUT2D eigenvalue weighted by Crippen LogP contribution is 2.37. The van der Waals surface area contributed by atoms with E-state index in [0.29, 0.717) is 10.8 Å². The smallest absolute Gasteiger partial charge is 0.00202 e. The molecule has 0 radical (unpaired) electrons. The molecule has 0 unspecified atom stereocenters. The average molecular weight is 183 g/mol. The summed E-state index contributed by atoms with van der Waals surface area (Å²) in [7, 11) is 0. The van der Waals surface area contributed by atoms with E-state index >= 15 is 0 Å². The van der Waals surface area contributed by atoms with Gasteiger partial charge in [0, 0.05) is 13.1 Å². The van der Waals surface area contributed by atoms with Gasteiger partial charge in [0.25, 0.3) is 0 Å². The second-order valence-electron chi connectivity index (χ2n) is 5.91. The van der Waals surface area contributed by atoms with Crippen molar-refractivity contribution in [1.82, 2.24) is 5.32 Å². The largest absolute Gasteiger partial charge is 0.316 e. The third-order valence-corrected chi connectivity index (χ3v) is 3.19. The van der Waals surface area contributed by atoms with Gasteiger partial charge >= 0.3 is 0 Å². The van der Waals surface area contributed by atoms with Gasteiger partial charge in [-0.05, 0) is 30.1 Å². The third kappa shape index (κ3) is 3.30. The van der Waals surface area contributed by atoms with E-state index in [1.807, 2.05) is 0 Å². The van der Waals surface area contributed by atoms with Crippen molar-refractivity contribution in [3.63, 3.8) is 0 Å². The fourth-order valence-electron chi connectivity index (χ4n) is 2.13. The van der Waals surface area contributed by atoms with Gasteiger partial charge in [-0.1, -0.05) is 34.1 Å². The summed E-state index contributed by atoms with van der Waals surface area (Å²) in [6, 6.07) is 0. The SMILES string of the molecule is CCCC1(CCC(C)(C)C)CNC1. The minimum atomic E-state index is 0.510. The van der Waals surface area contributed by atoms with Crippen LogP contribution in [0.25, 0.3) is 0 Å². The molecule has 0 amide bonds.